The number of para-hydroxylation sites is 1. The van der Waals surface area contributed by atoms with Crippen LogP contribution in [-0.4, -0.2) is 28.8 Å². The largest absolute Gasteiger partial charge is 0.496 e. The predicted octanol–water partition coefficient (Wildman–Crippen LogP) is 4.41. The van der Waals surface area contributed by atoms with Gasteiger partial charge in [-0.3, -0.25) is 14.2 Å². The summed E-state index contributed by atoms with van der Waals surface area (Å²) in [4.78, 5) is 33.1. The predicted molar refractivity (Wildman–Crippen MR) is 135 cm³/mol. The summed E-state index contributed by atoms with van der Waals surface area (Å²) in [5, 5.41) is 4.79. The third kappa shape index (κ3) is 4.01. The van der Waals surface area contributed by atoms with Crippen molar-refractivity contribution in [2.24, 2.45) is 5.10 Å². The first kappa shape index (κ1) is 22.0. The number of methoxy groups -OCH3 is 1. The van der Waals surface area contributed by atoms with Crippen LogP contribution in [0, 0.1) is 6.92 Å². The van der Waals surface area contributed by atoms with E-state index in [1.54, 1.807) is 41.2 Å². The van der Waals surface area contributed by atoms with Gasteiger partial charge >= 0.3 is 0 Å². The lowest BCUT2D eigenvalue weighted by Gasteiger charge is -2.12. The van der Waals surface area contributed by atoms with Crippen molar-refractivity contribution in [2.75, 3.05) is 7.11 Å². The lowest BCUT2D eigenvalue weighted by molar-refractivity contribution is 0.0955. The molecule has 4 aromatic rings. The number of hydrogen-bond acceptors (Lipinski definition) is 6. The number of hydrazone groups is 1. The van der Waals surface area contributed by atoms with Crippen LogP contribution in [0.3, 0.4) is 0 Å². The minimum atomic E-state index is -0.374. The first-order valence-electron chi connectivity index (χ1n) is 11.2. The Morgan fingerprint density at radius 3 is 2.85 bits per heavy atom. The summed E-state index contributed by atoms with van der Waals surface area (Å²) in [5.41, 5.74) is 5.37. The molecule has 0 fully saturated rings. The first-order chi connectivity index (χ1) is 16.6. The molecular weight excluding hydrogens is 448 g/mol. The molecule has 1 N–H and O–H groups in total. The molecule has 1 aliphatic carbocycles. The van der Waals surface area contributed by atoms with E-state index in [9.17, 15) is 9.59 Å². The molecule has 0 aliphatic heterocycles. The second-order valence-electron chi connectivity index (χ2n) is 8.18. The molecule has 1 amide bonds. The van der Waals surface area contributed by atoms with Crippen molar-refractivity contribution >= 4 is 33.7 Å². The van der Waals surface area contributed by atoms with Crippen LogP contribution in [0.5, 0.6) is 5.75 Å². The van der Waals surface area contributed by atoms with Gasteiger partial charge in [0.05, 0.1) is 24.4 Å². The molecule has 0 atom stereocenters. The standard InChI is InChI=1S/C26H24N4O3S/c1-16-28-25-23(20-11-4-6-13-22(20)34-25)26(32)30(16)19-10-7-9-17(14-19)24(31)29-27-15-18-8-3-5-12-21(18)33-2/h3,5,7-10,12,14-15H,4,6,11,13H2,1-2H3,(H,29,31)/b27-15+. The fourth-order valence-electron chi connectivity index (χ4n) is 4.39. The minimum absolute atomic E-state index is 0.0753. The molecule has 0 bridgehead atoms. The number of carbonyl (C=O) groups excluding carboxylic acids is 1. The van der Waals surface area contributed by atoms with E-state index in [1.165, 1.54) is 11.1 Å². The number of hydrogen-bond donors (Lipinski definition) is 1. The zero-order valence-electron chi connectivity index (χ0n) is 19.0. The summed E-state index contributed by atoms with van der Waals surface area (Å²) in [6.07, 6.45) is 5.72. The summed E-state index contributed by atoms with van der Waals surface area (Å²) in [6.45, 7) is 1.82. The van der Waals surface area contributed by atoms with Crippen molar-refractivity contribution in [2.45, 2.75) is 32.6 Å². The number of aromatic nitrogens is 2. The van der Waals surface area contributed by atoms with Gasteiger partial charge in [0.2, 0.25) is 0 Å². The SMILES string of the molecule is COc1ccccc1/C=N/NC(=O)c1cccc(-n2c(C)nc3sc4c(c3c2=O)CCCC4)c1. The lowest BCUT2D eigenvalue weighted by atomic mass is 9.97. The van der Waals surface area contributed by atoms with E-state index in [1.807, 2.05) is 37.3 Å². The highest BCUT2D eigenvalue weighted by molar-refractivity contribution is 7.18. The number of nitrogens with zero attached hydrogens (tertiary/aromatic N) is 3. The second-order valence-corrected chi connectivity index (χ2v) is 9.27. The van der Waals surface area contributed by atoms with Crippen molar-refractivity contribution in [3.8, 4) is 11.4 Å². The van der Waals surface area contributed by atoms with Crippen molar-refractivity contribution in [3.63, 3.8) is 0 Å². The number of thiophene rings is 1. The van der Waals surface area contributed by atoms with E-state index in [2.05, 4.69) is 10.5 Å². The highest BCUT2D eigenvalue weighted by atomic mass is 32.1. The Labute approximate surface area is 200 Å². The second kappa shape index (κ2) is 9.23. The van der Waals surface area contributed by atoms with E-state index in [0.29, 0.717) is 22.8 Å². The molecule has 0 radical (unpaired) electrons. The maximum absolute atomic E-state index is 13.5. The van der Waals surface area contributed by atoms with Crippen molar-refractivity contribution < 1.29 is 9.53 Å². The maximum Gasteiger partial charge on any atom is 0.271 e. The highest BCUT2D eigenvalue weighted by Crippen LogP contribution is 2.34. The molecule has 5 rings (SSSR count). The van der Waals surface area contributed by atoms with E-state index in [-0.39, 0.29) is 11.5 Å². The van der Waals surface area contributed by atoms with Gasteiger partial charge in [-0.25, -0.2) is 10.4 Å². The Balaban J connectivity index is 1.45. The Morgan fingerprint density at radius 2 is 2.00 bits per heavy atom. The van der Waals surface area contributed by atoms with Gasteiger partial charge in [0.15, 0.2) is 0 Å². The summed E-state index contributed by atoms with van der Waals surface area (Å²) in [6, 6.07) is 14.3. The average Bonchev–Trinajstić information content (AvgIpc) is 3.22. The van der Waals surface area contributed by atoms with E-state index in [4.69, 9.17) is 9.72 Å². The fraction of sp³-hybridized carbons (Fsp3) is 0.231. The number of carbonyl (C=O) groups is 1. The first-order valence-corrected chi connectivity index (χ1v) is 12.0. The van der Waals surface area contributed by atoms with E-state index in [0.717, 1.165) is 47.0 Å². The normalized spacial score (nSPS) is 13.2. The number of nitrogens with one attached hydrogen (secondary N) is 1. The molecule has 172 valence electrons. The minimum Gasteiger partial charge on any atom is -0.496 e. The number of fused-ring (bicyclic) bond motifs is 3. The van der Waals surface area contributed by atoms with Gasteiger partial charge in [-0.1, -0.05) is 18.2 Å². The van der Waals surface area contributed by atoms with Gasteiger partial charge in [-0.05, 0) is 68.5 Å². The molecule has 0 spiro atoms. The van der Waals surface area contributed by atoms with Crippen LogP contribution >= 0.6 is 11.3 Å². The summed E-state index contributed by atoms with van der Waals surface area (Å²) < 4.78 is 6.89. The molecule has 2 aromatic carbocycles. The number of ether oxygens (including phenoxy) is 1. The Bertz CT molecular complexity index is 1490. The fourth-order valence-corrected chi connectivity index (χ4v) is 5.69. The van der Waals surface area contributed by atoms with Gasteiger partial charge in [-0.15, -0.1) is 11.3 Å². The van der Waals surface area contributed by atoms with Gasteiger partial charge in [0, 0.05) is 16.0 Å². The Kier molecular flexibility index (Phi) is 5.98. The van der Waals surface area contributed by atoms with Gasteiger partial charge in [0.25, 0.3) is 11.5 Å². The maximum atomic E-state index is 13.5. The monoisotopic (exact) mass is 472 g/mol. The van der Waals surface area contributed by atoms with Gasteiger partial charge < -0.3 is 4.74 Å². The highest BCUT2D eigenvalue weighted by Gasteiger charge is 2.22. The molecule has 0 saturated heterocycles. The van der Waals surface area contributed by atoms with Crippen molar-refractivity contribution in [3.05, 3.63) is 86.3 Å². The third-order valence-electron chi connectivity index (χ3n) is 6.03. The smallest absolute Gasteiger partial charge is 0.271 e. The molecule has 2 aromatic heterocycles. The molecule has 1 aliphatic rings. The number of aryl methyl sites for hydroxylation is 3. The van der Waals surface area contributed by atoms with Crippen LogP contribution < -0.4 is 15.7 Å². The number of rotatable bonds is 5. The molecule has 0 unspecified atom stereocenters. The van der Waals surface area contributed by atoms with E-state index >= 15 is 0 Å². The van der Waals surface area contributed by atoms with Gasteiger partial charge in [-0.2, -0.15) is 5.10 Å². The average molecular weight is 473 g/mol. The summed E-state index contributed by atoms with van der Waals surface area (Å²) >= 11 is 1.64. The topological polar surface area (TPSA) is 85.6 Å². The van der Waals surface area contributed by atoms with Crippen LogP contribution in [0.25, 0.3) is 15.9 Å². The van der Waals surface area contributed by atoms with Crippen molar-refractivity contribution in [1.29, 1.82) is 0 Å². The number of benzene rings is 2. The third-order valence-corrected chi connectivity index (χ3v) is 7.22. The quantitative estimate of drug-likeness (QED) is 0.344. The Morgan fingerprint density at radius 1 is 1.18 bits per heavy atom. The van der Waals surface area contributed by atoms with Gasteiger partial charge in [0.1, 0.15) is 16.4 Å². The zero-order chi connectivity index (χ0) is 23.7. The Hall–Kier alpha value is -3.78. The molecule has 2 heterocycles. The van der Waals surface area contributed by atoms with Crippen LogP contribution in [0.1, 0.15) is 45.0 Å². The van der Waals surface area contributed by atoms with Crippen LogP contribution in [0.4, 0.5) is 0 Å². The van der Waals surface area contributed by atoms with Crippen LogP contribution in [-0.2, 0) is 12.8 Å². The van der Waals surface area contributed by atoms with Crippen LogP contribution in [0.2, 0.25) is 0 Å². The zero-order valence-corrected chi connectivity index (χ0v) is 19.8. The number of amides is 1. The molecular formula is C26H24N4O3S. The molecule has 8 heteroatoms. The van der Waals surface area contributed by atoms with Crippen LogP contribution in [0.15, 0.2) is 58.4 Å². The molecule has 0 saturated carbocycles. The summed E-state index contributed by atoms with van der Waals surface area (Å²) in [7, 11) is 1.58. The lowest BCUT2D eigenvalue weighted by Crippen LogP contribution is -2.23. The molecule has 34 heavy (non-hydrogen) atoms. The van der Waals surface area contributed by atoms with Crippen molar-refractivity contribution in [1.82, 2.24) is 15.0 Å². The molecule has 7 nitrogen and oxygen atoms in total. The van der Waals surface area contributed by atoms with E-state index < -0.39 is 0 Å². The summed E-state index contributed by atoms with van der Waals surface area (Å²) in [5.74, 6) is 0.888.